The van der Waals surface area contributed by atoms with Crippen molar-refractivity contribution >= 4 is 33.3 Å². The summed E-state index contributed by atoms with van der Waals surface area (Å²) in [5.41, 5.74) is 8.07. The zero-order valence-electron chi connectivity index (χ0n) is 20.5. The van der Waals surface area contributed by atoms with Gasteiger partial charge in [-0.25, -0.2) is 8.96 Å². The fourth-order valence-electron chi connectivity index (χ4n) is 5.01. The molecule has 176 valence electrons. The number of aryl methyl sites for hydroxylation is 2. The van der Waals surface area contributed by atoms with E-state index < -0.39 is 0 Å². The van der Waals surface area contributed by atoms with Gasteiger partial charge in [-0.05, 0) is 53.9 Å². The van der Waals surface area contributed by atoms with E-state index in [1.165, 1.54) is 6.07 Å². The summed E-state index contributed by atoms with van der Waals surface area (Å²) in [5, 5.41) is 1.87. The largest absolute Gasteiger partial charge is 0.453 e. The second kappa shape index (κ2) is 8.65. The van der Waals surface area contributed by atoms with Crippen molar-refractivity contribution in [2.75, 3.05) is 11.9 Å². The highest BCUT2D eigenvalue weighted by molar-refractivity contribution is 6.13. The zero-order chi connectivity index (χ0) is 24.8. The Morgan fingerprint density at radius 3 is 2.14 bits per heavy atom. The predicted octanol–water partition coefficient (Wildman–Crippen LogP) is 7.96. The van der Waals surface area contributed by atoms with Crippen LogP contribution in [0.5, 0.6) is 0 Å². The Bertz CT molecular complexity index is 1720. The van der Waals surface area contributed by atoms with Crippen LogP contribution in [-0.4, -0.2) is 7.05 Å². The molecule has 0 bridgehead atoms. The van der Waals surface area contributed by atoms with Gasteiger partial charge < -0.3 is 9.32 Å². The van der Waals surface area contributed by atoms with E-state index >= 15 is 4.39 Å². The number of nitrogens with zero attached hydrogens (tertiary/aromatic N) is 2. The second-order valence-electron chi connectivity index (χ2n) is 9.18. The van der Waals surface area contributed by atoms with Crippen molar-refractivity contribution in [2.24, 2.45) is 7.05 Å². The van der Waals surface area contributed by atoms with Gasteiger partial charge in [-0.15, -0.1) is 0 Å². The first-order chi connectivity index (χ1) is 17.5. The van der Waals surface area contributed by atoms with Gasteiger partial charge in [0.25, 0.3) is 0 Å². The molecule has 36 heavy (non-hydrogen) atoms. The van der Waals surface area contributed by atoms with Gasteiger partial charge in [-0.3, -0.25) is 0 Å². The number of pyridine rings is 1. The van der Waals surface area contributed by atoms with E-state index in [9.17, 15) is 0 Å². The molecule has 0 N–H and O–H groups in total. The van der Waals surface area contributed by atoms with E-state index in [4.69, 9.17) is 4.42 Å². The molecule has 2 aromatic heterocycles. The molecular formula is C32H26FN2O+. The van der Waals surface area contributed by atoms with E-state index in [0.29, 0.717) is 11.3 Å². The number of furan rings is 1. The van der Waals surface area contributed by atoms with E-state index in [1.54, 1.807) is 0 Å². The van der Waals surface area contributed by atoms with E-state index in [-0.39, 0.29) is 5.82 Å². The van der Waals surface area contributed by atoms with Crippen molar-refractivity contribution in [3.8, 4) is 22.4 Å². The highest BCUT2D eigenvalue weighted by Gasteiger charge is 2.24. The van der Waals surface area contributed by atoms with Crippen molar-refractivity contribution in [1.29, 1.82) is 0 Å². The molecule has 4 heteroatoms. The fourth-order valence-corrected chi connectivity index (χ4v) is 5.01. The van der Waals surface area contributed by atoms with Gasteiger partial charge >= 0.3 is 0 Å². The summed E-state index contributed by atoms with van der Waals surface area (Å²) in [7, 11) is 3.90. The van der Waals surface area contributed by atoms with Crippen LogP contribution in [0.2, 0.25) is 0 Å². The van der Waals surface area contributed by atoms with Crippen LogP contribution < -0.4 is 9.47 Å². The van der Waals surface area contributed by atoms with Crippen molar-refractivity contribution in [2.45, 2.75) is 6.92 Å². The maximum Gasteiger partial charge on any atom is 0.216 e. The Hall–Kier alpha value is -4.44. The lowest BCUT2D eigenvalue weighted by Crippen LogP contribution is -2.30. The van der Waals surface area contributed by atoms with Gasteiger partial charge in [-0.2, -0.15) is 0 Å². The van der Waals surface area contributed by atoms with Gasteiger partial charge in [-0.1, -0.05) is 54.6 Å². The normalized spacial score (nSPS) is 11.3. The summed E-state index contributed by atoms with van der Waals surface area (Å²) in [5.74, 6) is -0.320. The minimum atomic E-state index is -0.320. The van der Waals surface area contributed by atoms with Gasteiger partial charge in [0.2, 0.25) is 5.69 Å². The molecular weight excluding hydrogens is 447 g/mol. The molecule has 0 atom stereocenters. The van der Waals surface area contributed by atoms with Crippen LogP contribution in [-0.2, 0) is 7.05 Å². The molecule has 6 aromatic rings. The summed E-state index contributed by atoms with van der Waals surface area (Å²) in [6.07, 6.45) is 2.02. The molecule has 0 amide bonds. The average Bonchev–Trinajstić information content (AvgIpc) is 3.28. The summed E-state index contributed by atoms with van der Waals surface area (Å²) in [6.45, 7) is 2.08. The van der Waals surface area contributed by atoms with Gasteiger partial charge in [0.1, 0.15) is 18.3 Å². The zero-order valence-corrected chi connectivity index (χ0v) is 20.5. The Kier molecular flexibility index (Phi) is 5.30. The van der Waals surface area contributed by atoms with Crippen LogP contribution in [0.1, 0.15) is 5.56 Å². The lowest BCUT2D eigenvalue weighted by Gasteiger charge is -2.20. The molecule has 2 heterocycles. The van der Waals surface area contributed by atoms with E-state index in [2.05, 4.69) is 54.0 Å². The minimum absolute atomic E-state index is 0.320. The fraction of sp³-hybridized carbons (Fsp3) is 0.0938. The predicted molar refractivity (Wildman–Crippen MR) is 145 cm³/mol. The highest BCUT2D eigenvalue weighted by atomic mass is 19.1. The highest BCUT2D eigenvalue weighted by Crippen LogP contribution is 2.42. The lowest BCUT2D eigenvalue weighted by atomic mass is 10.0. The van der Waals surface area contributed by atoms with E-state index in [1.807, 2.05) is 73.7 Å². The third kappa shape index (κ3) is 3.54. The SMILES string of the molecule is Cc1ccc2c(oc3c(N(C)c4ccc(-c5ccccc5)cc4)c(F)ccc32)c1-c1cccc[n+]1C. The first-order valence-corrected chi connectivity index (χ1v) is 12.0. The number of anilines is 2. The van der Waals surface area contributed by atoms with Crippen LogP contribution >= 0.6 is 0 Å². The quantitative estimate of drug-likeness (QED) is 0.242. The van der Waals surface area contributed by atoms with Crippen molar-refractivity contribution < 1.29 is 13.4 Å². The number of halogens is 1. The van der Waals surface area contributed by atoms with Gasteiger partial charge in [0.15, 0.2) is 17.6 Å². The topological polar surface area (TPSA) is 20.3 Å². The van der Waals surface area contributed by atoms with Crippen LogP contribution in [0.25, 0.3) is 44.3 Å². The third-order valence-corrected chi connectivity index (χ3v) is 6.95. The number of aromatic nitrogens is 1. The molecule has 0 unspecified atom stereocenters. The van der Waals surface area contributed by atoms with Crippen LogP contribution in [0, 0.1) is 12.7 Å². The van der Waals surface area contributed by atoms with Crippen LogP contribution in [0.4, 0.5) is 15.8 Å². The molecule has 0 spiro atoms. The Balaban J connectivity index is 1.52. The summed E-state index contributed by atoms with van der Waals surface area (Å²) >= 11 is 0. The first kappa shape index (κ1) is 22.1. The van der Waals surface area contributed by atoms with Gasteiger partial charge in [0.05, 0.1) is 5.56 Å². The standard InChI is InChI=1S/C32H26FN2O/c1-21-12-17-25-26-18-19-27(33)30(32(26)36-31(25)29(21)28-11-7-8-20-34(28)2)35(3)24-15-13-23(14-16-24)22-9-5-4-6-10-22/h4-20H,1-3H3/q+1. The Morgan fingerprint density at radius 2 is 1.39 bits per heavy atom. The average molecular weight is 474 g/mol. The Morgan fingerprint density at radius 1 is 0.722 bits per heavy atom. The Labute approximate surface area is 209 Å². The smallest absolute Gasteiger partial charge is 0.216 e. The second-order valence-corrected chi connectivity index (χ2v) is 9.18. The number of fused-ring (bicyclic) bond motifs is 3. The third-order valence-electron chi connectivity index (χ3n) is 6.95. The maximum absolute atomic E-state index is 15.4. The summed E-state index contributed by atoms with van der Waals surface area (Å²) in [6, 6.07) is 32.0. The van der Waals surface area contributed by atoms with Crippen molar-refractivity contribution in [3.05, 3.63) is 115 Å². The van der Waals surface area contributed by atoms with Crippen LogP contribution in [0.3, 0.4) is 0 Å². The van der Waals surface area contributed by atoms with Crippen molar-refractivity contribution in [1.82, 2.24) is 0 Å². The molecule has 0 aliphatic rings. The first-order valence-electron chi connectivity index (χ1n) is 12.0. The molecule has 0 saturated carbocycles. The summed E-state index contributed by atoms with van der Waals surface area (Å²) < 4.78 is 24.0. The molecule has 3 nitrogen and oxygen atoms in total. The number of rotatable bonds is 4. The molecule has 6 rings (SSSR count). The molecule has 0 radical (unpaired) electrons. The maximum atomic E-state index is 15.4. The molecule has 4 aromatic carbocycles. The monoisotopic (exact) mass is 473 g/mol. The molecule has 0 saturated heterocycles. The van der Waals surface area contributed by atoms with Crippen LogP contribution in [0.15, 0.2) is 108 Å². The van der Waals surface area contributed by atoms with E-state index in [0.717, 1.165) is 50.0 Å². The van der Waals surface area contributed by atoms with Gasteiger partial charge in [0, 0.05) is 35.6 Å². The molecule has 0 aliphatic heterocycles. The summed E-state index contributed by atoms with van der Waals surface area (Å²) in [4.78, 5) is 1.86. The molecule has 0 fully saturated rings. The number of hydrogen-bond acceptors (Lipinski definition) is 2. The van der Waals surface area contributed by atoms with Crippen molar-refractivity contribution in [3.63, 3.8) is 0 Å². The molecule has 0 aliphatic carbocycles. The number of hydrogen-bond donors (Lipinski definition) is 0. The number of benzene rings is 4. The lowest BCUT2D eigenvalue weighted by molar-refractivity contribution is -0.660. The minimum Gasteiger partial charge on any atom is -0.453 e.